The molecule has 33 heavy (non-hydrogen) atoms. The third-order valence-corrected chi connectivity index (χ3v) is 5.30. The molecule has 0 amide bonds. The minimum atomic E-state index is -4.46. The van der Waals surface area contributed by atoms with Crippen molar-refractivity contribution in [1.29, 1.82) is 0 Å². The van der Waals surface area contributed by atoms with E-state index in [1.165, 1.54) is 12.1 Å². The summed E-state index contributed by atoms with van der Waals surface area (Å²) in [4.78, 5) is 27.4. The SMILES string of the molecule is Cc1ccn(-c2ccc3[nH]cc(Nc4c(Nc5ccc(C(F)(F)F)cc5)c(=O)c4=O)c3c2)n1. The highest BCUT2D eigenvalue weighted by Gasteiger charge is 2.30. The Kier molecular flexibility index (Phi) is 4.59. The topological polar surface area (TPSA) is 91.8 Å². The number of H-pyrrole nitrogens is 1. The lowest BCUT2D eigenvalue weighted by Gasteiger charge is -2.15. The van der Waals surface area contributed by atoms with Crippen LogP contribution in [-0.4, -0.2) is 14.8 Å². The highest BCUT2D eigenvalue weighted by molar-refractivity contribution is 5.97. The molecule has 7 nitrogen and oxygen atoms in total. The number of hydrogen-bond acceptors (Lipinski definition) is 5. The molecule has 0 radical (unpaired) electrons. The third-order valence-electron chi connectivity index (χ3n) is 5.30. The second-order valence-corrected chi connectivity index (χ2v) is 7.57. The number of benzene rings is 2. The van der Waals surface area contributed by atoms with E-state index in [1.807, 2.05) is 37.4 Å². The van der Waals surface area contributed by atoms with Gasteiger partial charge < -0.3 is 15.6 Å². The van der Waals surface area contributed by atoms with Crippen molar-refractivity contribution < 1.29 is 13.2 Å². The van der Waals surface area contributed by atoms with Crippen LogP contribution in [0.3, 0.4) is 0 Å². The Labute approximate surface area is 184 Å². The molecule has 0 aliphatic heterocycles. The molecule has 5 rings (SSSR count). The molecular formula is C23H16F3N5O2. The van der Waals surface area contributed by atoms with Crippen LogP contribution in [-0.2, 0) is 6.18 Å². The van der Waals surface area contributed by atoms with Crippen molar-refractivity contribution in [2.75, 3.05) is 10.6 Å². The van der Waals surface area contributed by atoms with Crippen molar-refractivity contribution in [1.82, 2.24) is 14.8 Å². The van der Waals surface area contributed by atoms with E-state index in [9.17, 15) is 22.8 Å². The van der Waals surface area contributed by atoms with E-state index >= 15 is 0 Å². The van der Waals surface area contributed by atoms with Crippen molar-refractivity contribution in [2.24, 2.45) is 0 Å². The van der Waals surface area contributed by atoms with Crippen LogP contribution >= 0.6 is 0 Å². The molecule has 5 aromatic rings. The van der Waals surface area contributed by atoms with Crippen LogP contribution in [0, 0.1) is 6.92 Å². The summed E-state index contributed by atoms with van der Waals surface area (Å²) in [6.07, 6.45) is -0.962. The van der Waals surface area contributed by atoms with Gasteiger partial charge in [-0.05, 0) is 55.5 Å². The van der Waals surface area contributed by atoms with Crippen LogP contribution in [0.4, 0.5) is 35.9 Å². The van der Waals surface area contributed by atoms with E-state index in [0.29, 0.717) is 5.69 Å². The van der Waals surface area contributed by atoms with Gasteiger partial charge in [0.15, 0.2) is 0 Å². The van der Waals surface area contributed by atoms with E-state index in [-0.39, 0.29) is 17.1 Å². The first-order chi connectivity index (χ1) is 15.7. The lowest BCUT2D eigenvalue weighted by molar-refractivity contribution is -0.137. The molecule has 0 unspecified atom stereocenters. The molecule has 0 spiro atoms. The van der Waals surface area contributed by atoms with Gasteiger partial charge in [-0.2, -0.15) is 18.3 Å². The first-order valence-corrected chi connectivity index (χ1v) is 9.89. The van der Waals surface area contributed by atoms with Gasteiger partial charge in [-0.3, -0.25) is 9.59 Å². The molecular weight excluding hydrogens is 435 g/mol. The molecule has 2 heterocycles. The van der Waals surface area contributed by atoms with Crippen LogP contribution in [0.1, 0.15) is 11.3 Å². The maximum absolute atomic E-state index is 12.8. The fourth-order valence-corrected chi connectivity index (χ4v) is 3.57. The van der Waals surface area contributed by atoms with Gasteiger partial charge in [0.1, 0.15) is 11.4 Å². The Morgan fingerprint density at radius 2 is 1.64 bits per heavy atom. The number of fused-ring (bicyclic) bond motifs is 1. The summed E-state index contributed by atoms with van der Waals surface area (Å²) in [5.74, 6) is 0. The molecule has 0 bridgehead atoms. The van der Waals surface area contributed by atoms with Crippen LogP contribution in [0.25, 0.3) is 16.6 Å². The van der Waals surface area contributed by atoms with Gasteiger partial charge in [0.2, 0.25) is 0 Å². The molecule has 166 valence electrons. The summed E-state index contributed by atoms with van der Waals surface area (Å²) in [5, 5.41) is 10.9. The summed E-state index contributed by atoms with van der Waals surface area (Å²) in [7, 11) is 0. The Morgan fingerprint density at radius 3 is 2.27 bits per heavy atom. The van der Waals surface area contributed by atoms with Gasteiger partial charge in [0.05, 0.1) is 22.6 Å². The number of aromatic amines is 1. The average molecular weight is 451 g/mol. The number of halogens is 3. The number of anilines is 4. The van der Waals surface area contributed by atoms with E-state index in [4.69, 9.17) is 0 Å². The summed E-state index contributed by atoms with van der Waals surface area (Å²) in [6.45, 7) is 1.88. The zero-order chi connectivity index (χ0) is 23.3. The maximum Gasteiger partial charge on any atom is 0.416 e. The standard InChI is InChI=1S/C23H16F3N5O2/c1-12-8-9-31(30-12)15-6-7-17-16(10-15)18(11-27-17)29-20-19(21(32)22(20)33)28-14-4-2-13(3-5-14)23(24,25)26/h2-11,27-29H,1H3. The largest absolute Gasteiger partial charge is 0.416 e. The van der Waals surface area contributed by atoms with Crippen molar-refractivity contribution in [3.8, 4) is 5.69 Å². The first kappa shape index (κ1) is 20.6. The van der Waals surface area contributed by atoms with Crippen molar-refractivity contribution in [3.05, 3.63) is 92.6 Å². The summed E-state index contributed by atoms with van der Waals surface area (Å²) in [5.41, 5.74) is 1.08. The van der Waals surface area contributed by atoms with Crippen molar-refractivity contribution in [3.63, 3.8) is 0 Å². The predicted molar refractivity (Wildman–Crippen MR) is 120 cm³/mol. The molecule has 10 heteroatoms. The molecule has 0 saturated carbocycles. The lowest BCUT2D eigenvalue weighted by atomic mass is 10.1. The Balaban J connectivity index is 1.44. The highest BCUT2D eigenvalue weighted by Crippen LogP contribution is 2.32. The summed E-state index contributed by atoms with van der Waals surface area (Å²) >= 11 is 0. The monoisotopic (exact) mass is 451 g/mol. The van der Waals surface area contributed by atoms with Gasteiger partial charge in [-0.15, -0.1) is 0 Å². The van der Waals surface area contributed by atoms with Crippen LogP contribution in [0.15, 0.2) is 70.5 Å². The highest BCUT2D eigenvalue weighted by atomic mass is 19.4. The number of hydrogen-bond donors (Lipinski definition) is 3. The van der Waals surface area contributed by atoms with Crippen LogP contribution < -0.4 is 21.5 Å². The molecule has 0 saturated heterocycles. The minimum Gasteiger partial charge on any atom is -0.359 e. The number of nitrogens with zero attached hydrogens (tertiary/aromatic N) is 2. The smallest absolute Gasteiger partial charge is 0.359 e. The number of aromatic nitrogens is 3. The molecule has 2 aromatic heterocycles. The first-order valence-electron chi connectivity index (χ1n) is 9.89. The molecule has 3 aromatic carbocycles. The van der Waals surface area contributed by atoms with Gasteiger partial charge in [0, 0.05) is 29.0 Å². The zero-order valence-corrected chi connectivity index (χ0v) is 17.1. The zero-order valence-electron chi connectivity index (χ0n) is 17.1. The predicted octanol–water partition coefficient (Wildman–Crippen LogP) is 4.76. The maximum atomic E-state index is 12.8. The molecule has 0 aliphatic rings. The Bertz CT molecular complexity index is 1550. The fourth-order valence-electron chi connectivity index (χ4n) is 3.57. The fraction of sp³-hybridized carbons (Fsp3) is 0.0870. The van der Waals surface area contributed by atoms with Crippen molar-refractivity contribution in [2.45, 2.75) is 13.1 Å². The average Bonchev–Trinajstić information content (AvgIpc) is 3.41. The van der Waals surface area contributed by atoms with Crippen LogP contribution in [0.2, 0.25) is 0 Å². The Morgan fingerprint density at radius 1 is 0.939 bits per heavy atom. The van der Waals surface area contributed by atoms with Gasteiger partial charge in [0.25, 0.3) is 10.9 Å². The van der Waals surface area contributed by atoms with Gasteiger partial charge in [-0.25, -0.2) is 4.68 Å². The molecule has 0 aliphatic carbocycles. The number of alkyl halides is 3. The summed E-state index contributed by atoms with van der Waals surface area (Å²) < 4.78 is 40.0. The van der Waals surface area contributed by atoms with Gasteiger partial charge in [-0.1, -0.05) is 0 Å². The molecule has 3 N–H and O–H groups in total. The number of aryl methyl sites for hydroxylation is 1. The number of nitrogens with one attached hydrogen (secondary N) is 3. The second-order valence-electron chi connectivity index (χ2n) is 7.57. The second kappa shape index (κ2) is 7.37. The van der Waals surface area contributed by atoms with E-state index < -0.39 is 22.6 Å². The summed E-state index contributed by atoms with van der Waals surface area (Å²) in [6, 6.07) is 11.7. The quantitative estimate of drug-likeness (QED) is 0.335. The molecule has 0 atom stereocenters. The van der Waals surface area contributed by atoms with E-state index in [0.717, 1.165) is 34.4 Å². The number of rotatable bonds is 5. The van der Waals surface area contributed by atoms with Gasteiger partial charge >= 0.3 is 6.18 Å². The Hall–Kier alpha value is -4.34. The lowest BCUT2D eigenvalue weighted by Crippen LogP contribution is -2.35. The molecule has 0 fully saturated rings. The van der Waals surface area contributed by atoms with E-state index in [2.05, 4.69) is 20.7 Å². The van der Waals surface area contributed by atoms with Crippen LogP contribution in [0.5, 0.6) is 0 Å². The van der Waals surface area contributed by atoms with E-state index in [1.54, 1.807) is 10.9 Å². The minimum absolute atomic E-state index is 0.00651. The normalized spacial score (nSPS) is 11.9. The third kappa shape index (κ3) is 3.65. The van der Waals surface area contributed by atoms with Crippen molar-refractivity contribution >= 4 is 33.7 Å².